The van der Waals surface area contributed by atoms with Gasteiger partial charge in [-0.25, -0.2) is 0 Å². The number of nitrogens with zero attached hydrogens (tertiary/aromatic N) is 2. The van der Waals surface area contributed by atoms with E-state index in [9.17, 15) is 9.90 Å². The Morgan fingerprint density at radius 1 is 1.23 bits per heavy atom. The predicted octanol–water partition coefficient (Wildman–Crippen LogP) is 1.35. The molecular weight excluding hydrogens is 390 g/mol. The zero-order valence-electron chi connectivity index (χ0n) is 17.2. The van der Waals surface area contributed by atoms with Gasteiger partial charge in [0.15, 0.2) is 17.3 Å². The van der Waals surface area contributed by atoms with Crippen LogP contribution in [0.25, 0.3) is 0 Å². The molecule has 3 heterocycles. The molecule has 4 rings (SSSR count). The van der Waals surface area contributed by atoms with E-state index in [0.717, 1.165) is 17.9 Å². The zero-order valence-corrected chi connectivity index (χ0v) is 17.2. The molecule has 3 unspecified atom stereocenters. The average molecular weight is 417 g/mol. The van der Waals surface area contributed by atoms with E-state index in [1.54, 1.807) is 18.2 Å². The van der Waals surface area contributed by atoms with Gasteiger partial charge in [-0.2, -0.15) is 0 Å². The van der Waals surface area contributed by atoms with E-state index < -0.39 is 12.2 Å². The maximum atomic E-state index is 12.5. The Morgan fingerprint density at radius 3 is 2.90 bits per heavy atom. The summed E-state index contributed by atoms with van der Waals surface area (Å²) in [6.45, 7) is 1.06. The van der Waals surface area contributed by atoms with Crippen LogP contribution in [0.4, 0.5) is 0 Å². The molecule has 9 nitrogen and oxygen atoms in total. The lowest BCUT2D eigenvalue weighted by atomic mass is 9.98. The lowest BCUT2D eigenvalue weighted by Gasteiger charge is -2.33. The summed E-state index contributed by atoms with van der Waals surface area (Å²) in [5.74, 6) is 1.73. The second kappa shape index (κ2) is 9.03. The molecule has 2 aliphatic heterocycles. The fourth-order valence-electron chi connectivity index (χ4n) is 3.69. The molecule has 1 fully saturated rings. The maximum Gasteiger partial charge on any atom is 0.251 e. The molecule has 1 saturated heterocycles. The lowest BCUT2D eigenvalue weighted by Crippen LogP contribution is -2.46. The van der Waals surface area contributed by atoms with Crippen LogP contribution in [-0.2, 0) is 17.7 Å². The number of rotatable bonds is 7. The Kier molecular flexibility index (Phi) is 6.21. The minimum Gasteiger partial charge on any atom is -0.454 e. The summed E-state index contributed by atoms with van der Waals surface area (Å²) in [6, 6.07) is 6.97. The highest BCUT2D eigenvalue weighted by molar-refractivity contribution is 5.94. The molecule has 2 N–H and O–H groups in total. The molecular formula is C21H27N3O6. The van der Waals surface area contributed by atoms with Crippen molar-refractivity contribution in [3.63, 3.8) is 0 Å². The van der Waals surface area contributed by atoms with Gasteiger partial charge in [0, 0.05) is 24.6 Å². The van der Waals surface area contributed by atoms with Crippen molar-refractivity contribution in [1.82, 2.24) is 15.4 Å². The SMILES string of the molecule is CN(C)Cc1cc(CC2CCC(O)C(CNC(=O)c3ccc4c(c3)OCO4)O2)no1. The van der Waals surface area contributed by atoms with Crippen molar-refractivity contribution in [3.05, 3.63) is 41.3 Å². The van der Waals surface area contributed by atoms with Crippen LogP contribution in [0.1, 0.15) is 34.7 Å². The minimum atomic E-state index is -0.625. The standard InChI is InChI=1S/C21H27N3O6/c1-24(2)11-16-9-14(23-30-16)8-15-4-5-17(25)20(29-15)10-22-21(26)13-3-6-18-19(7-13)28-12-27-18/h3,6-7,9,15,17,20,25H,4-5,8,10-12H2,1-2H3,(H,22,26). The number of carbonyl (C=O) groups is 1. The van der Waals surface area contributed by atoms with Crippen LogP contribution in [0.5, 0.6) is 11.5 Å². The van der Waals surface area contributed by atoms with E-state index in [2.05, 4.69) is 10.5 Å². The zero-order chi connectivity index (χ0) is 21.1. The monoisotopic (exact) mass is 417 g/mol. The third-order valence-corrected chi connectivity index (χ3v) is 5.20. The van der Waals surface area contributed by atoms with E-state index in [1.807, 2.05) is 25.1 Å². The molecule has 0 spiro atoms. The molecule has 1 aromatic carbocycles. The Hall–Kier alpha value is -2.62. The first-order valence-corrected chi connectivity index (χ1v) is 10.1. The van der Waals surface area contributed by atoms with Crippen molar-refractivity contribution in [2.45, 2.75) is 44.1 Å². The highest BCUT2D eigenvalue weighted by Crippen LogP contribution is 2.32. The third kappa shape index (κ3) is 4.92. The van der Waals surface area contributed by atoms with Gasteiger partial charge in [0.1, 0.15) is 6.10 Å². The molecule has 0 aliphatic carbocycles. The number of carbonyl (C=O) groups excluding carboxylic acids is 1. The van der Waals surface area contributed by atoms with Gasteiger partial charge < -0.3 is 34.1 Å². The summed E-state index contributed by atoms with van der Waals surface area (Å²) in [5.41, 5.74) is 1.30. The summed E-state index contributed by atoms with van der Waals surface area (Å²) < 4.78 is 22.0. The van der Waals surface area contributed by atoms with Crippen LogP contribution in [0, 0.1) is 0 Å². The van der Waals surface area contributed by atoms with E-state index in [0.29, 0.717) is 36.4 Å². The molecule has 2 aromatic rings. The summed E-state index contributed by atoms with van der Waals surface area (Å²) in [4.78, 5) is 14.5. The molecule has 9 heteroatoms. The molecule has 0 saturated carbocycles. The van der Waals surface area contributed by atoms with Crippen molar-refractivity contribution >= 4 is 5.91 Å². The average Bonchev–Trinajstić information content (AvgIpc) is 3.36. The smallest absolute Gasteiger partial charge is 0.251 e. The molecule has 1 aromatic heterocycles. The summed E-state index contributed by atoms with van der Waals surface area (Å²) in [5, 5.41) is 17.3. The Bertz CT molecular complexity index is 883. The number of hydrogen-bond donors (Lipinski definition) is 2. The molecule has 30 heavy (non-hydrogen) atoms. The number of amides is 1. The Labute approximate surface area is 174 Å². The summed E-state index contributed by atoms with van der Waals surface area (Å²) >= 11 is 0. The molecule has 0 bridgehead atoms. The van der Waals surface area contributed by atoms with Gasteiger partial charge in [-0.05, 0) is 45.1 Å². The molecule has 0 radical (unpaired) electrons. The first-order chi connectivity index (χ1) is 14.5. The van der Waals surface area contributed by atoms with Crippen LogP contribution in [-0.4, -0.2) is 66.8 Å². The van der Waals surface area contributed by atoms with Crippen LogP contribution < -0.4 is 14.8 Å². The van der Waals surface area contributed by atoms with Gasteiger partial charge in [-0.1, -0.05) is 5.16 Å². The minimum absolute atomic E-state index is 0.0850. The molecule has 162 valence electrons. The number of aromatic nitrogens is 1. The van der Waals surface area contributed by atoms with Crippen LogP contribution in [0.2, 0.25) is 0 Å². The molecule has 3 atom stereocenters. The first-order valence-electron chi connectivity index (χ1n) is 10.1. The Balaban J connectivity index is 1.30. The number of benzene rings is 1. The Morgan fingerprint density at radius 2 is 2.07 bits per heavy atom. The number of nitrogens with one attached hydrogen (secondary N) is 1. The highest BCUT2D eigenvalue weighted by Gasteiger charge is 2.31. The fourth-order valence-corrected chi connectivity index (χ4v) is 3.69. The number of hydrogen-bond acceptors (Lipinski definition) is 8. The van der Waals surface area contributed by atoms with E-state index in [4.69, 9.17) is 18.7 Å². The van der Waals surface area contributed by atoms with Crippen LogP contribution in [0.15, 0.2) is 28.8 Å². The van der Waals surface area contributed by atoms with Crippen molar-refractivity contribution in [3.8, 4) is 11.5 Å². The second-order valence-electron chi connectivity index (χ2n) is 7.95. The number of aliphatic hydroxyl groups excluding tert-OH is 1. The topological polar surface area (TPSA) is 106 Å². The molecule has 1 amide bonds. The quantitative estimate of drug-likeness (QED) is 0.695. The normalized spacial score (nSPS) is 23.0. The fraction of sp³-hybridized carbons (Fsp3) is 0.524. The number of ether oxygens (including phenoxy) is 3. The van der Waals surface area contributed by atoms with E-state index in [-0.39, 0.29) is 25.3 Å². The van der Waals surface area contributed by atoms with Crippen molar-refractivity contribution in [2.24, 2.45) is 0 Å². The largest absolute Gasteiger partial charge is 0.454 e. The van der Waals surface area contributed by atoms with Crippen LogP contribution in [0.3, 0.4) is 0 Å². The molecule has 2 aliphatic rings. The van der Waals surface area contributed by atoms with Gasteiger partial charge in [0.2, 0.25) is 6.79 Å². The predicted molar refractivity (Wildman–Crippen MR) is 106 cm³/mol. The van der Waals surface area contributed by atoms with E-state index >= 15 is 0 Å². The highest BCUT2D eigenvalue weighted by atomic mass is 16.7. The van der Waals surface area contributed by atoms with Gasteiger partial charge in [0.05, 0.1) is 24.4 Å². The van der Waals surface area contributed by atoms with E-state index in [1.165, 1.54) is 0 Å². The number of aliphatic hydroxyl groups is 1. The van der Waals surface area contributed by atoms with Crippen molar-refractivity contribution < 1.29 is 28.6 Å². The maximum absolute atomic E-state index is 12.5. The van der Waals surface area contributed by atoms with Gasteiger partial charge in [-0.3, -0.25) is 4.79 Å². The van der Waals surface area contributed by atoms with Crippen molar-refractivity contribution in [2.75, 3.05) is 27.4 Å². The lowest BCUT2D eigenvalue weighted by molar-refractivity contribution is -0.114. The number of fused-ring (bicyclic) bond motifs is 1. The first kappa shape index (κ1) is 20.6. The second-order valence-corrected chi connectivity index (χ2v) is 7.95. The summed E-state index contributed by atoms with van der Waals surface area (Å²) in [7, 11) is 3.94. The van der Waals surface area contributed by atoms with Gasteiger partial charge >= 0.3 is 0 Å². The summed E-state index contributed by atoms with van der Waals surface area (Å²) in [6.07, 6.45) is 0.755. The van der Waals surface area contributed by atoms with Crippen molar-refractivity contribution in [1.29, 1.82) is 0 Å². The van der Waals surface area contributed by atoms with Gasteiger partial charge in [0.25, 0.3) is 5.91 Å². The van der Waals surface area contributed by atoms with Crippen LogP contribution >= 0.6 is 0 Å². The third-order valence-electron chi connectivity index (χ3n) is 5.20. The van der Waals surface area contributed by atoms with Gasteiger partial charge in [-0.15, -0.1) is 0 Å².